The van der Waals surface area contributed by atoms with E-state index in [0.29, 0.717) is 5.75 Å². The van der Waals surface area contributed by atoms with Gasteiger partial charge in [-0.2, -0.15) is 0 Å². The standard InChI is InChI=1S/C20H14O2/c21-17-11-3-8-15-9-5-13-19(20(15)17)22-18-12-4-7-14-6-1-2-10-16(14)18/h1-13,21H. The van der Waals surface area contributed by atoms with Gasteiger partial charge in [0.05, 0.1) is 5.39 Å². The van der Waals surface area contributed by atoms with Gasteiger partial charge in [-0.15, -0.1) is 0 Å². The van der Waals surface area contributed by atoms with E-state index in [1.807, 2.05) is 60.7 Å². The third kappa shape index (κ3) is 2.06. The Morgan fingerprint density at radius 1 is 0.591 bits per heavy atom. The van der Waals surface area contributed by atoms with Gasteiger partial charge < -0.3 is 9.84 Å². The number of phenols is 1. The molecule has 4 aromatic rings. The van der Waals surface area contributed by atoms with E-state index < -0.39 is 0 Å². The topological polar surface area (TPSA) is 29.5 Å². The molecule has 2 nitrogen and oxygen atoms in total. The second kappa shape index (κ2) is 5.08. The van der Waals surface area contributed by atoms with Gasteiger partial charge in [0.15, 0.2) is 0 Å². The van der Waals surface area contributed by atoms with Crippen molar-refractivity contribution in [2.24, 2.45) is 0 Å². The molecule has 0 spiro atoms. The van der Waals surface area contributed by atoms with Gasteiger partial charge in [0.25, 0.3) is 0 Å². The zero-order valence-electron chi connectivity index (χ0n) is 11.9. The Balaban J connectivity index is 1.90. The molecule has 0 amide bonds. The SMILES string of the molecule is Oc1cccc2cccc(Oc3cccc4ccccc34)c12. The molecule has 106 valence electrons. The number of benzene rings is 4. The highest BCUT2D eigenvalue weighted by molar-refractivity contribution is 5.94. The lowest BCUT2D eigenvalue weighted by atomic mass is 10.1. The molecule has 0 aliphatic rings. The zero-order chi connectivity index (χ0) is 14.9. The van der Waals surface area contributed by atoms with Crippen molar-refractivity contribution >= 4 is 21.5 Å². The first-order valence-corrected chi connectivity index (χ1v) is 7.19. The van der Waals surface area contributed by atoms with Crippen LogP contribution in [0.15, 0.2) is 78.9 Å². The van der Waals surface area contributed by atoms with Crippen LogP contribution in [0.2, 0.25) is 0 Å². The highest BCUT2D eigenvalue weighted by Crippen LogP contribution is 2.37. The van der Waals surface area contributed by atoms with Crippen molar-refractivity contribution in [3.8, 4) is 17.2 Å². The summed E-state index contributed by atoms with van der Waals surface area (Å²) in [5, 5.41) is 14.0. The van der Waals surface area contributed by atoms with Crippen LogP contribution < -0.4 is 4.74 Å². The summed E-state index contributed by atoms with van der Waals surface area (Å²) in [4.78, 5) is 0. The molecule has 0 bridgehead atoms. The smallest absolute Gasteiger partial charge is 0.139 e. The molecule has 4 aromatic carbocycles. The van der Waals surface area contributed by atoms with Crippen LogP contribution in [-0.2, 0) is 0 Å². The van der Waals surface area contributed by atoms with Crippen molar-refractivity contribution in [1.82, 2.24) is 0 Å². The van der Waals surface area contributed by atoms with Crippen molar-refractivity contribution < 1.29 is 9.84 Å². The molecule has 0 unspecified atom stereocenters. The molecule has 0 heterocycles. The van der Waals surface area contributed by atoms with Gasteiger partial charge in [0.2, 0.25) is 0 Å². The first kappa shape index (κ1) is 12.7. The minimum absolute atomic E-state index is 0.230. The maximum absolute atomic E-state index is 10.2. The third-order valence-corrected chi connectivity index (χ3v) is 3.81. The molecule has 0 aliphatic heterocycles. The summed E-state index contributed by atoms with van der Waals surface area (Å²) in [7, 11) is 0. The Morgan fingerprint density at radius 2 is 1.23 bits per heavy atom. The lowest BCUT2D eigenvalue weighted by molar-refractivity contribution is 0.470. The fourth-order valence-electron chi connectivity index (χ4n) is 2.78. The quantitative estimate of drug-likeness (QED) is 0.528. The van der Waals surface area contributed by atoms with Crippen LogP contribution in [0, 0.1) is 0 Å². The number of phenolic OH excluding ortho intramolecular Hbond substituents is 1. The molecule has 1 N–H and O–H groups in total. The fourth-order valence-corrected chi connectivity index (χ4v) is 2.78. The number of hydrogen-bond donors (Lipinski definition) is 1. The van der Waals surface area contributed by atoms with Crippen LogP contribution in [0.25, 0.3) is 21.5 Å². The van der Waals surface area contributed by atoms with Gasteiger partial charge >= 0.3 is 0 Å². The van der Waals surface area contributed by atoms with Crippen LogP contribution in [0.4, 0.5) is 0 Å². The minimum Gasteiger partial charge on any atom is -0.507 e. The van der Waals surface area contributed by atoms with Crippen molar-refractivity contribution in [3.05, 3.63) is 78.9 Å². The molecule has 22 heavy (non-hydrogen) atoms. The number of fused-ring (bicyclic) bond motifs is 2. The lowest BCUT2D eigenvalue weighted by Crippen LogP contribution is -1.87. The van der Waals surface area contributed by atoms with E-state index in [-0.39, 0.29) is 5.75 Å². The van der Waals surface area contributed by atoms with Gasteiger partial charge in [0, 0.05) is 5.39 Å². The average molecular weight is 286 g/mol. The number of rotatable bonds is 2. The van der Waals surface area contributed by atoms with Gasteiger partial charge in [-0.1, -0.05) is 60.7 Å². The molecule has 2 heteroatoms. The Bertz CT molecular complexity index is 963. The maximum Gasteiger partial charge on any atom is 0.139 e. The van der Waals surface area contributed by atoms with Gasteiger partial charge in [0.1, 0.15) is 17.2 Å². The highest BCUT2D eigenvalue weighted by atomic mass is 16.5. The van der Waals surface area contributed by atoms with Crippen molar-refractivity contribution in [2.75, 3.05) is 0 Å². The van der Waals surface area contributed by atoms with Crippen molar-refractivity contribution in [2.45, 2.75) is 0 Å². The Morgan fingerprint density at radius 3 is 2.09 bits per heavy atom. The molecular formula is C20H14O2. The first-order chi connectivity index (χ1) is 10.8. The maximum atomic E-state index is 10.2. The number of ether oxygens (including phenoxy) is 1. The van der Waals surface area contributed by atoms with Crippen LogP contribution in [0.3, 0.4) is 0 Å². The van der Waals surface area contributed by atoms with Crippen LogP contribution in [0.5, 0.6) is 17.2 Å². The van der Waals surface area contributed by atoms with E-state index in [1.165, 1.54) is 0 Å². The van der Waals surface area contributed by atoms with Gasteiger partial charge in [-0.3, -0.25) is 0 Å². The summed E-state index contributed by atoms with van der Waals surface area (Å²) in [6.07, 6.45) is 0. The Hall–Kier alpha value is -3.00. The van der Waals surface area contributed by atoms with Crippen molar-refractivity contribution in [1.29, 1.82) is 0 Å². The fraction of sp³-hybridized carbons (Fsp3) is 0. The summed E-state index contributed by atoms with van der Waals surface area (Å²) >= 11 is 0. The minimum atomic E-state index is 0.230. The predicted octanol–water partition coefficient (Wildman–Crippen LogP) is 5.49. The summed E-state index contributed by atoms with van der Waals surface area (Å²) in [5.41, 5.74) is 0. The molecule has 0 aliphatic carbocycles. The second-order valence-electron chi connectivity index (χ2n) is 5.21. The molecular weight excluding hydrogens is 272 g/mol. The van der Waals surface area contributed by atoms with Crippen LogP contribution in [-0.4, -0.2) is 5.11 Å². The van der Waals surface area contributed by atoms with E-state index in [0.717, 1.165) is 27.3 Å². The zero-order valence-corrected chi connectivity index (χ0v) is 11.9. The van der Waals surface area contributed by atoms with Gasteiger partial charge in [-0.25, -0.2) is 0 Å². The summed E-state index contributed by atoms with van der Waals surface area (Å²) in [5.74, 6) is 1.68. The van der Waals surface area contributed by atoms with Crippen LogP contribution in [0.1, 0.15) is 0 Å². The second-order valence-corrected chi connectivity index (χ2v) is 5.21. The largest absolute Gasteiger partial charge is 0.507 e. The Kier molecular flexibility index (Phi) is 2.94. The predicted molar refractivity (Wildman–Crippen MR) is 89.6 cm³/mol. The molecule has 0 aromatic heterocycles. The van der Waals surface area contributed by atoms with E-state index in [2.05, 4.69) is 12.1 Å². The molecule has 0 saturated heterocycles. The van der Waals surface area contributed by atoms with E-state index >= 15 is 0 Å². The highest BCUT2D eigenvalue weighted by Gasteiger charge is 2.09. The van der Waals surface area contributed by atoms with E-state index in [1.54, 1.807) is 6.07 Å². The number of aromatic hydroxyl groups is 1. The molecule has 0 radical (unpaired) electrons. The van der Waals surface area contributed by atoms with Crippen LogP contribution >= 0.6 is 0 Å². The molecule has 0 atom stereocenters. The average Bonchev–Trinajstić information content (AvgIpc) is 2.56. The van der Waals surface area contributed by atoms with E-state index in [9.17, 15) is 5.11 Å². The van der Waals surface area contributed by atoms with E-state index in [4.69, 9.17) is 4.74 Å². The summed E-state index contributed by atoms with van der Waals surface area (Å²) in [6, 6.07) is 25.3. The van der Waals surface area contributed by atoms with Crippen molar-refractivity contribution in [3.63, 3.8) is 0 Å². The molecule has 0 saturated carbocycles. The summed E-state index contributed by atoms with van der Waals surface area (Å²) < 4.78 is 6.13. The summed E-state index contributed by atoms with van der Waals surface area (Å²) in [6.45, 7) is 0. The molecule has 0 fully saturated rings. The third-order valence-electron chi connectivity index (χ3n) is 3.81. The number of hydrogen-bond acceptors (Lipinski definition) is 2. The van der Waals surface area contributed by atoms with Gasteiger partial charge in [-0.05, 0) is 29.0 Å². The Labute approximate surface area is 128 Å². The molecule has 4 rings (SSSR count). The first-order valence-electron chi connectivity index (χ1n) is 7.19. The normalized spacial score (nSPS) is 10.9. The monoisotopic (exact) mass is 286 g/mol. The lowest BCUT2D eigenvalue weighted by Gasteiger charge is -2.12.